The first-order chi connectivity index (χ1) is 12.6. The van der Waals surface area contributed by atoms with Crippen LogP contribution in [-0.4, -0.2) is 23.7 Å². The van der Waals surface area contributed by atoms with Crippen molar-refractivity contribution in [2.24, 2.45) is 5.92 Å². The first-order valence-electron chi connectivity index (χ1n) is 9.08. The molecule has 4 nitrogen and oxygen atoms in total. The molecule has 0 spiro atoms. The number of carbonyl (C=O) groups excluding carboxylic acids is 1. The maximum Gasteiger partial charge on any atom is 0.338 e. The van der Waals surface area contributed by atoms with E-state index in [0.717, 1.165) is 12.8 Å². The Morgan fingerprint density at radius 3 is 1.88 bits per heavy atom. The molecule has 1 N–H and O–H groups in total. The minimum absolute atomic E-state index is 0.208. The number of aromatic carboxylic acids is 1. The molecule has 2 rings (SSSR count). The van der Waals surface area contributed by atoms with Gasteiger partial charge in [-0.25, -0.2) is 9.59 Å². The van der Waals surface area contributed by atoms with Crippen LogP contribution in [0.1, 0.15) is 60.2 Å². The van der Waals surface area contributed by atoms with Crippen molar-refractivity contribution in [1.82, 2.24) is 0 Å². The molecule has 0 saturated carbocycles. The number of esters is 1. The van der Waals surface area contributed by atoms with Crippen LogP contribution in [0.15, 0.2) is 60.7 Å². The zero-order valence-electron chi connectivity index (χ0n) is 15.6. The Balaban J connectivity index is 0.000000314. The van der Waals surface area contributed by atoms with Crippen molar-refractivity contribution in [2.75, 3.05) is 6.61 Å². The summed E-state index contributed by atoms with van der Waals surface area (Å²) in [5.41, 5.74) is 0.968. The molecule has 1 unspecified atom stereocenters. The molecule has 0 fully saturated rings. The minimum atomic E-state index is -0.879. The van der Waals surface area contributed by atoms with Crippen LogP contribution >= 0.6 is 0 Å². The zero-order chi connectivity index (χ0) is 19.2. The molecule has 4 heteroatoms. The summed E-state index contributed by atoms with van der Waals surface area (Å²) in [5.74, 6) is -0.584. The highest BCUT2D eigenvalue weighted by atomic mass is 16.5. The van der Waals surface area contributed by atoms with E-state index in [4.69, 9.17) is 9.84 Å². The predicted molar refractivity (Wildman–Crippen MR) is 103 cm³/mol. The Labute approximate surface area is 155 Å². The van der Waals surface area contributed by atoms with Crippen LogP contribution < -0.4 is 0 Å². The summed E-state index contributed by atoms with van der Waals surface area (Å²) in [6.07, 6.45) is 4.63. The van der Waals surface area contributed by atoms with E-state index in [1.54, 1.807) is 42.5 Å². The van der Waals surface area contributed by atoms with Gasteiger partial charge in [0.05, 0.1) is 17.7 Å². The van der Waals surface area contributed by atoms with Crippen LogP contribution in [0.4, 0.5) is 0 Å². The molecule has 0 amide bonds. The summed E-state index contributed by atoms with van der Waals surface area (Å²) < 4.78 is 5.34. The molecule has 0 radical (unpaired) electrons. The van der Waals surface area contributed by atoms with Crippen molar-refractivity contribution >= 4 is 11.9 Å². The molecule has 0 aromatic heterocycles. The lowest BCUT2D eigenvalue weighted by molar-refractivity contribution is 0.0428. The number of carbonyl (C=O) groups is 2. The smallest absolute Gasteiger partial charge is 0.338 e. The van der Waals surface area contributed by atoms with Crippen molar-refractivity contribution in [2.45, 2.75) is 39.5 Å². The summed E-state index contributed by atoms with van der Waals surface area (Å²) >= 11 is 0. The SMILES string of the molecule is CCCCC(CC)COC(=O)c1ccccc1.O=C(O)c1ccccc1. The van der Waals surface area contributed by atoms with Crippen LogP contribution in [0.3, 0.4) is 0 Å². The number of hydrogen-bond acceptors (Lipinski definition) is 3. The molecular formula is C22H28O4. The van der Waals surface area contributed by atoms with Crippen molar-refractivity contribution in [3.05, 3.63) is 71.8 Å². The third-order valence-corrected chi connectivity index (χ3v) is 4.02. The average molecular weight is 356 g/mol. The maximum absolute atomic E-state index is 11.7. The standard InChI is InChI=1S/C15H22O2.C7H6O2/c1-3-5-9-13(4-2)12-17-15(16)14-10-7-6-8-11-14;8-7(9)6-4-2-1-3-5-6/h6-8,10-11,13H,3-5,9,12H2,1-2H3;1-5H,(H,8,9). The number of hydrogen-bond donors (Lipinski definition) is 1. The number of ether oxygens (including phenoxy) is 1. The quantitative estimate of drug-likeness (QED) is 0.639. The van der Waals surface area contributed by atoms with Gasteiger partial charge < -0.3 is 9.84 Å². The molecule has 26 heavy (non-hydrogen) atoms. The third kappa shape index (κ3) is 8.47. The fraction of sp³-hybridized carbons (Fsp3) is 0.364. The Morgan fingerprint density at radius 1 is 0.923 bits per heavy atom. The molecule has 140 valence electrons. The summed E-state index contributed by atoms with van der Waals surface area (Å²) in [5, 5.41) is 8.38. The van der Waals surface area contributed by atoms with Crippen molar-refractivity contribution in [1.29, 1.82) is 0 Å². The van der Waals surface area contributed by atoms with Crippen LogP contribution in [0.2, 0.25) is 0 Å². The van der Waals surface area contributed by atoms with Crippen molar-refractivity contribution < 1.29 is 19.4 Å². The maximum atomic E-state index is 11.7. The zero-order valence-corrected chi connectivity index (χ0v) is 15.6. The first-order valence-corrected chi connectivity index (χ1v) is 9.08. The number of unbranched alkanes of at least 4 members (excludes halogenated alkanes) is 1. The van der Waals surface area contributed by atoms with E-state index in [-0.39, 0.29) is 5.97 Å². The highest BCUT2D eigenvalue weighted by Gasteiger charge is 2.11. The first kappa shape index (κ1) is 21.4. The fourth-order valence-corrected chi connectivity index (χ4v) is 2.33. The van der Waals surface area contributed by atoms with Crippen molar-refractivity contribution in [3.63, 3.8) is 0 Å². The second kappa shape index (κ2) is 12.7. The summed E-state index contributed by atoms with van der Waals surface area (Å²) in [6, 6.07) is 17.5. The van der Waals surface area contributed by atoms with E-state index in [1.807, 2.05) is 18.2 Å². The van der Waals surface area contributed by atoms with Gasteiger partial charge in [-0.3, -0.25) is 0 Å². The van der Waals surface area contributed by atoms with Crippen molar-refractivity contribution in [3.8, 4) is 0 Å². The van der Waals surface area contributed by atoms with Gasteiger partial charge in [-0.1, -0.05) is 69.5 Å². The minimum Gasteiger partial charge on any atom is -0.478 e. The largest absolute Gasteiger partial charge is 0.478 e. The van der Waals surface area contributed by atoms with Gasteiger partial charge >= 0.3 is 11.9 Å². The fourth-order valence-electron chi connectivity index (χ4n) is 2.33. The highest BCUT2D eigenvalue weighted by molar-refractivity contribution is 5.89. The molecule has 0 heterocycles. The molecule has 1 atom stereocenters. The van der Waals surface area contributed by atoms with Gasteiger partial charge in [0.15, 0.2) is 0 Å². The van der Waals surface area contributed by atoms with Gasteiger partial charge in [0.25, 0.3) is 0 Å². The summed E-state index contributed by atoms with van der Waals surface area (Å²) in [4.78, 5) is 21.9. The van der Waals surface area contributed by atoms with E-state index in [9.17, 15) is 9.59 Å². The van der Waals surface area contributed by atoms with E-state index < -0.39 is 5.97 Å². The monoisotopic (exact) mass is 356 g/mol. The Morgan fingerprint density at radius 2 is 1.46 bits per heavy atom. The molecule has 2 aromatic rings. The van der Waals surface area contributed by atoms with Gasteiger partial charge in [-0.2, -0.15) is 0 Å². The normalized spacial score (nSPS) is 11.0. The van der Waals surface area contributed by atoms with Crippen LogP contribution in [-0.2, 0) is 4.74 Å². The van der Waals surface area contributed by atoms with Gasteiger partial charge in [-0.05, 0) is 36.6 Å². The Kier molecular flexibility index (Phi) is 10.5. The number of carboxylic acid groups (broad SMARTS) is 1. The Hall–Kier alpha value is -2.62. The molecule has 0 saturated heterocycles. The lowest BCUT2D eigenvalue weighted by Crippen LogP contribution is -2.13. The highest BCUT2D eigenvalue weighted by Crippen LogP contribution is 2.13. The second-order valence-electron chi connectivity index (χ2n) is 6.05. The predicted octanol–water partition coefficient (Wildman–Crippen LogP) is 5.44. The summed E-state index contributed by atoms with van der Waals surface area (Å²) in [6.45, 7) is 4.88. The van der Waals surface area contributed by atoms with Crippen LogP contribution in [0.5, 0.6) is 0 Å². The topological polar surface area (TPSA) is 63.6 Å². The van der Waals surface area contributed by atoms with Crippen LogP contribution in [0, 0.1) is 5.92 Å². The van der Waals surface area contributed by atoms with E-state index >= 15 is 0 Å². The number of carboxylic acids is 1. The molecular weight excluding hydrogens is 328 g/mol. The molecule has 0 aliphatic carbocycles. The Bertz CT molecular complexity index is 638. The molecule has 0 aliphatic rings. The van der Waals surface area contributed by atoms with E-state index in [1.165, 1.54) is 12.8 Å². The molecule has 2 aromatic carbocycles. The average Bonchev–Trinajstić information content (AvgIpc) is 2.69. The van der Waals surface area contributed by atoms with Gasteiger partial charge in [-0.15, -0.1) is 0 Å². The van der Waals surface area contributed by atoms with Gasteiger partial charge in [0.2, 0.25) is 0 Å². The second-order valence-corrected chi connectivity index (χ2v) is 6.05. The van der Waals surface area contributed by atoms with E-state index in [0.29, 0.717) is 23.7 Å². The lowest BCUT2D eigenvalue weighted by atomic mass is 10.0. The van der Waals surface area contributed by atoms with Crippen LogP contribution in [0.25, 0.3) is 0 Å². The third-order valence-electron chi connectivity index (χ3n) is 4.02. The summed E-state index contributed by atoms with van der Waals surface area (Å²) in [7, 11) is 0. The number of rotatable bonds is 8. The number of benzene rings is 2. The van der Waals surface area contributed by atoms with Gasteiger partial charge in [0.1, 0.15) is 0 Å². The molecule has 0 bridgehead atoms. The lowest BCUT2D eigenvalue weighted by Gasteiger charge is -2.14. The van der Waals surface area contributed by atoms with Gasteiger partial charge in [0, 0.05) is 0 Å². The van der Waals surface area contributed by atoms with E-state index in [2.05, 4.69) is 13.8 Å². The molecule has 0 aliphatic heterocycles.